The van der Waals surface area contributed by atoms with Crippen LogP contribution in [0.2, 0.25) is 0 Å². The Morgan fingerprint density at radius 1 is 1.23 bits per heavy atom. The quantitative estimate of drug-likeness (QED) is 0.516. The van der Waals surface area contributed by atoms with Gasteiger partial charge in [0.05, 0.1) is 18.6 Å². The lowest BCUT2D eigenvalue weighted by molar-refractivity contribution is -0.155. The van der Waals surface area contributed by atoms with Gasteiger partial charge in [0.15, 0.2) is 0 Å². The van der Waals surface area contributed by atoms with Crippen LogP contribution in [0.3, 0.4) is 0 Å². The normalized spacial score (nSPS) is 11.6. The van der Waals surface area contributed by atoms with E-state index in [-0.39, 0.29) is 5.97 Å². The lowest BCUT2D eigenvalue weighted by Crippen LogP contribution is -2.28. The first-order valence-corrected chi connectivity index (χ1v) is 8.09. The average Bonchev–Trinajstić information content (AvgIpc) is 2.44. The van der Waals surface area contributed by atoms with Crippen molar-refractivity contribution in [1.82, 2.24) is 0 Å². The molecule has 22 heavy (non-hydrogen) atoms. The summed E-state index contributed by atoms with van der Waals surface area (Å²) in [7, 11) is 0. The Morgan fingerprint density at radius 2 is 1.91 bits per heavy atom. The van der Waals surface area contributed by atoms with Crippen LogP contribution in [0.4, 0.5) is 0 Å². The minimum Gasteiger partial charge on any atom is -0.493 e. The lowest BCUT2D eigenvalue weighted by Gasteiger charge is -2.23. The Kier molecular flexibility index (Phi) is 6.92. The number of hydrogen-bond donors (Lipinski definition) is 0. The summed E-state index contributed by atoms with van der Waals surface area (Å²) in [6, 6.07) is 6.20. The zero-order valence-corrected chi connectivity index (χ0v) is 14.9. The molecule has 0 spiro atoms. The van der Waals surface area contributed by atoms with Gasteiger partial charge in [-0.15, -0.1) is 0 Å². The summed E-state index contributed by atoms with van der Waals surface area (Å²) < 4.78 is 11.2. The van der Waals surface area contributed by atoms with Gasteiger partial charge >= 0.3 is 5.97 Å². The predicted molar refractivity (Wildman–Crippen MR) is 90.2 cm³/mol. The summed E-state index contributed by atoms with van der Waals surface area (Å²) in [5, 5.41) is 0. The lowest BCUT2D eigenvalue weighted by atomic mass is 9.88. The van der Waals surface area contributed by atoms with Gasteiger partial charge in [0.25, 0.3) is 0 Å². The van der Waals surface area contributed by atoms with Crippen molar-refractivity contribution in [3.8, 4) is 5.75 Å². The second kappa shape index (κ2) is 8.21. The molecule has 124 valence electrons. The average molecular weight is 306 g/mol. The molecule has 0 heterocycles. The zero-order chi connectivity index (χ0) is 16.8. The van der Waals surface area contributed by atoms with Crippen LogP contribution in [0.1, 0.15) is 51.7 Å². The molecule has 1 rings (SSSR count). The molecular weight excluding hydrogens is 276 g/mol. The van der Waals surface area contributed by atoms with Crippen molar-refractivity contribution >= 4 is 5.97 Å². The summed E-state index contributed by atoms with van der Waals surface area (Å²) >= 11 is 0. The molecule has 0 fully saturated rings. The highest BCUT2D eigenvalue weighted by molar-refractivity contribution is 5.75. The summed E-state index contributed by atoms with van der Waals surface area (Å²) in [6.45, 7) is 13.2. The molecule has 0 saturated carbocycles. The molecule has 0 bridgehead atoms. The van der Waals surface area contributed by atoms with Crippen LogP contribution in [0, 0.1) is 25.2 Å². The molecule has 0 saturated heterocycles. The molecule has 0 radical (unpaired) electrons. The Bertz CT molecular complexity index is 489. The molecule has 3 heteroatoms. The predicted octanol–water partition coefficient (Wildman–Crippen LogP) is 4.69. The standard InChI is InChI=1S/C19H30O3/c1-14(2)13-22-18(20)19(5,6)10-7-11-21-17-12-15(3)8-9-16(17)4/h8-9,12,14H,7,10-11,13H2,1-6H3. The number of ether oxygens (including phenoxy) is 2. The minimum absolute atomic E-state index is 0.118. The van der Waals surface area contributed by atoms with Gasteiger partial charge in [0, 0.05) is 0 Å². The van der Waals surface area contributed by atoms with Crippen LogP contribution in [0.15, 0.2) is 18.2 Å². The van der Waals surface area contributed by atoms with Crippen molar-refractivity contribution in [1.29, 1.82) is 0 Å². The van der Waals surface area contributed by atoms with Crippen molar-refractivity contribution in [3.63, 3.8) is 0 Å². The van der Waals surface area contributed by atoms with Crippen LogP contribution >= 0.6 is 0 Å². The Hall–Kier alpha value is -1.51. The highest BCUT2D eigenvalue weighted by atomic mass is 16.5. The van der Waals surface area contributed by atoms with Gasteiger partial charge in [-0.25, -0.2) is 0 Å². The smallest absolute Gasteiger partial charge is 0.311 e. The van der Waals surface area contributed by atoms with Crippen LogP contribution < -0.4 is 4.74 Å². The fourth-order valence-corrected chi connectivity index (χ4v) is 2.10. The molecule has 0 aromatic heterocycles. The number of carbonyl (C=O) groups excluding carboxylic acids is 1. The van der Waals surface area contributed by atoms with Crippen molar-refractivity contribution in [2.45, 2.75) is 54.4 Å². The summed E-state index contributed by atoms with van der Waals surface area (Å²) in [4.78, 5) is 12.1. The first-order chi connectivity index (χ1) is 10.2. The molecule has 0 aliphatic rings. The van der Waals surface area contributed by atoms with E-state index in [0.29, 0.717) is 19.1 Å². The van der Waals surface area contributed by atoms with E-state index in [4.69, 9.17) is 9.47 Å². The molecule has 0 atom stereocenters. The van der Waals surface area contributed by atoms with Gasteiger partial charge in [0.1, 0.15) is 5.75 Å². The first-order valence-electron chi connectivity index (χ1n) is 8.09. The van der Waals surface area contributed by atoms with Crippen molar-refractivity contribution in [2.75, 3.05) is 13.2 Å². The maximum Gasteiger partial charge on any atom is 0.311 e. The van der Waals surface area contributed by atoms with Crippen LogP contribution in [-0.4, -0.2) is 19.2 Å². The highest BCUT2D eigenvalue weighted by Gasteiger charge is 2.29. The fourth-order valence-electron chi connectivity index (χ4n) is 2.10. The molecule has 0 N–H and O–H groups in total. The Labute approximate surface area is 135 Å². The maximum atomic E-state index is 12.1. The van der Waals surface area contributed by atoms with Gasteiger partial charge in [-0.05, 0) is 63.6 Å². The van der Waals surface area contributed by atoms with Gasteiger partial charge in [-0.2, -0.15) is 0 Å². The van der Waals surface area contributed by atoms with Crippen molar-refractivity contribution in [2.24, 2.45) is 11.3 Å². The fraction of sp³-hybridized carbons (Fsp3) is 0.632. The molecular formula is C19H30O3. The number of hydrogen-bond acceptors (Lipinski definition) is 3. The van der Waals surface area contributed by atoms with E-state index in [2.05, 4.69) is 25.1 Å². The zero-order valence-electron chi connectivity index (χ0n) is 14.9. The van der Waals surface area contributed by atoms with Crippen molar-refractivity contribution < 1.29 is 14.3 Å². The third kappa shape index (κ3) is 6.08. The number of benzene rings is 1. The van der Waals surface area contributed by atoms with Gasteiger partial charge < -0.3 is 9.47 Å². The summed E-state index contributed by atoms with van der Waals surface area (Å²) in [5.41, 5.74) is 1.87. The van der Waals surface area contributed by atoms with Gasteiger partial charge in [0.2, 0.25) is 0 Å². The number of rotatable bonds is 8. The number of aryl methyl sites for hydroxylation is 2. The van der Waals surface area contributed by atoms with Crippen molar-refractivity contribution in [3.05, 3.63) is 29.3 Å². The first kappa shape index (κ1) is 18.5. The molecule has 1 aromatic carbocycles. The topological polar surface area (TPSA) is 35.5 Å². The molecule has 0 aliphatic carbocycles. The second-order valence-electron chi connectivity index (χ2n) is 7.10. The van der Waals surface area contributed by atoms with E-state index in [1.54, 1.807) is 0 Å². The van der Waals surface area contributed by atoms with Gasteiger partial charge in [-0.1, -0.05) is 26.0 Å². The summed E-state index contributed by atoms with van der Waals surface area (Å²) in [6.07, 6.45) is 1.59. The molecule has 3 nitrogen and oxygen atoms in total. The van der Waals surface area contributed by atoms with E-state index in [9.17, 15) is 4.79 Å². The number of carbonyl (C=O) groups is 1. The van der Waals surface area contributed by atoms with E-state index in [1.165, 1.54) is 5.56 Å². The molecule has 0 unspecified atom stereocenters. The van der Waals surface area contributed by atoms with Crippen LogP contribution in [0.25, 0.3) is 0 Å². The third-order valence-electron chi connectivity index (χ3n) is 3.65. The maximum absolute atomic E-state index is 12.1. The molecule has 0 amide bonds. The highest BCUT2D eigenvalue weighted by Crippen LogP contribution is 2.25. The third-order valence-corrected chi connectivity index (χ3v) is 3.65. The van der Waals surface area contributed by atoms with E-state index < -0.39 is 5.41 Å². The number of esters is 1. The van der Waals surface area contributed by atoms with Crippen LogP contribution in [0.5, 0.6) is 5.75 Å². The van der Waals surface area contributed by atoms with Gasteiger partial charge in [-0.3, -0.25) is 4.79 Å². The SMILES string of the molecule is Cc1ccc(C)c(OCCCC(C)(C)C(=O)OCC(C)C)c1. The monoisotopic (exact) mass is 306 g/mol. The minimum atomic E-state index is -0.458. The Balaban J connectivity index is 2.39. The van der Waals surface area contributed by atoms with E-state index >= 15 is 0 Å². The molecule has 0 aliphatic heterocycles. The van der Waals surface area contributed by atoms with Crippen LogP contribution in [-0.2, 0) is 9.53 Å². The van der Waals surface area contributed by atoms with E-state index in [0.717, 1.165) is 24.2 Å². The Morgan fingerprint density at radius 3 is 2.55 bits per heavy atom. The second-order valence-corrected chi connectivity index (χ2v) is 7.10. The largest absolute Gasteiger partial charge is 0.493 e. The van der Waals surface area contributed by atoms with E-state index in [1.807, 2.05) is 34.6 Å². The molecule has 1 aromatic rings. The summed E-state index contributed by atoms with van der Waals surface area (Å²) in [5.74, 6) is 1.18.